The van der Waals surface area contributed by atoms with Crippen LogP contribution in [0.1, 0.15) is 30.4 Å². The van der Waals surface area contributed by atoms with Crippen LogP contribution in [0, 0.1) is 0 Å². The molecule has 116 valence electrons. The summed E-state index contributed by atoms with van der Waals surface area (Å²) in [4.78, 5) is 10.7. The van der Waals surface area contributed by atoms with Crippen LogP contribution >= 0.6 is 0 Å². The molecule has 0 fully saturated rings. The zero-order chi connectivity index (χ0) is 15.6. The molecule has 1 N–H and O–H groups in total. The lowest BCUT2D eigenvalue weighted by molar-refractivity contribution is -0.140. The summed E-state index contributed by atoms with van der Waals surface area (Å²) < 4.78 is 4.92. The Balaban J connectivity index is 1.91. The number of hydrogen-bond donors (Lipinski definition) is 1. The second kappa shape index (κ2) is 9.00. The fraction of sp³-hybridized carbons (Fsp3) is 0.316. The molecule has 3 heteroatoms. The molecule has 0 heterocycles. The van der Waals surface area contributed by atoms with Crippen molar-refractivity contribution in [2.24, 2.45) is 0 Å². The summed E-state index contributed by atoms with van der Waals surface area (Å²) in [6.07, 6.45) is 1.01. The van der Waals surface area contributed by atoms with Crippen molar-refractivity contribution in [2.75, 3.05) is 19.7 Å². The van der Waals surface area contributed by atoms with E-state index >= 15 is 0 Å². The van der Waals surface area contributed by atoms with E-state index in [1.54, 1.807) is 0 Å². The Hall–Kier alpha value is -2.13. The summed E-state index contributed by atoms with van der Waals surface area (Å²) in [6, 6.07) is 21.1. The van der Waals surface area contributed by atoms with E-state index < -0.39 is 0 Å². The van der Waals surface area contributed by atoms with Crippen LogP contribution in [0.2, 0.25) is 0 Å². The first-order valence-corrected chi connectivity index (χ1v) is 7.71. The van der Waals surface area contributed by atoms with Crippen molar-refractivity contribution in [3.8, 4) is 0 Å². The monoisotopic (exact) mass is 297 g/mol. The minimum absolute atomic E-state index is 0.228. The molecule has 0 bridgehead atoms. The van der Waals surface area contributed by atoms with Crippen molar-refractivity contribution in [1.29, 1.82) is 0 Å². The molecule has 0 saturated heterocycles. The molecule has 0 atom stereocenters. The highest BCUT2D eigenvalue weighted by Gasteiger charge is 2.13. The van der Waals surface area contributed by atoms with Gasteiger partial charge in [0.2, 0.25) is 0 Å². The molecule has 0 aliphatic carbocycles. The quantitative estimate of drug-likeness (QED) is 0.600. The van der Waals surface area contributed by atoms with E-state index in [-0.39, 0.29) is 5.97 Å². The van der Waals surface area contributed by atoms with Gasteiger partial charge in [0.25, 0.3) is 0 Å². The largest absolute Gasteiger partial charge is 0.465 e. The molecular weight excluding hydrogens is 274 g/mol. The summed E-state index contributed by atoms with van der Waals surface area (Å²) >= 11 is 0. The summed E-state index contributed by atoms with van der Waals surface area (Å²) in [5.74, 6) is 0.150. The lowest BCUT2D eigenvalue weighted by Gasteiger charge is -2.18. The molecule has 0 radical (unpaired) electrons. The smallest absolute Gasteiger partial charge is 0.302 e. The Morgan fingerprint density at radius 2 is 1.50 bits per heavy atom. The van der Waals surface area contributed by atoms with Gasteiger partial charge in [-0.15, -0.1) is 0 Å². The van der Waals surface area contributed by atoms with Crippen LogP contribution in [0.5, 0.6) is 0 Å². The first-order valence-electron chi connectivity index (χ1n) is 7.71. The average molecular weight is 297 g/mol. The highest BCUT2D eigenvalue weighted by atomic mass is 16.5. The molecule has 0 amide bonds. The standard InChI is InChI=1S/C19H23NO2/c1-16(21)22-15-14-20-13-12-19(17-8-4-2-5-9-17)18-10-6-3-7-11-18/h2-11,19-20H,12-15H2,1H3. The third-order valence-corrected chi connectivity index (χ3v) is 3.60. The van der Waals surface area contributed by atoms with Gasteiger partial charge < -0.3 is 10.1 Å². The molecule has 3 nitrogen and oxygen atoms in total. The number of rotatable bonds is 8. The second-order valence-corrected chi connectivity index (χ2v) is 5.25. The molecule has 2 aromatic carbocycles. The van der Waals surface area contributed by atoms with Gasteiger partial charge in [-0.3, -0.25) is 4.79 Å². The van der Waals surface area contributed by atoms with E-state index in [9.17, 15) is 4.79 Å². The van der Waals surface area contributed by atoms with E-state index in [1.807, 2.05) is 12.1 Å². The molecule has 0 unspecified atom stereocenters. The van der Waals surface area contributed by atoms with Crippen LogP contribution in [0.25, 0.3) is 0 Å². The Morgan fingerprint density at radius 1 is 0.955 bits per heavy atom. The maximum atomic E-state index is 10.7. The molecule has 2 rings (SSSR count). The van der Waals surface area contributed by atoms with E-state index in [2.05, 4.69) is 53.8 Å². The van der Waals surface area contributed by atoms with Gasteiger partial charge in [0.05, 0.1) is 0 Å². The van der Waals surface area contributed by atoms with Gasteiger partial charge in [0.1, 0.15) is 6.61 Å². The summed E-state index contributed by atoms with van der Waals surface area (Å²) in [7, 11) is 0. The lowest BCUT2D eigenvalue weighted by Crippen LogP contribution is -2.23. The molecule has 0 aliphatic rings. The fourth-order valence-corrected chi connectivity index (χ4v) is 2.53. The molecule has 2 aromatic rings. The summed E-state index contributed by atoms with van der Waals surface area (Å²) in [6.45, 7) is 3.43. The SMILES string of the molecule is CC(=O)OCCNCCC(c1ccccc1)c1ccccc1. The van der Waals surface area contributed by atoms with Crippen molar-refractivity contribution in [1.82, 2.24) is 5.32 Å². The number of carbonyl (C=O) groups excluding carboxylic acids is 1. The van der Waals surface area contributed by atoms with E-state index in [1.165, 1.54) is 18.1 Å². The van der Waals surface area contributed by atoms with E-state index in [4.69, 9.17) is 4.74 Å². The second-order valence-electron chi connectivity index (χ2n) is 5.25. The van der Waals surface area contributed by atoms with Gasteiger partial charge in [0, 0.05) is 19.4 Å². The van der Waals surface area contributed by atoms with Crippen LogP contribution in [-0.4, -0.2) is 25.7 Å². The summed E-state index contributed by atoms with van der Waals surface area (Å²) in [5.41, 5.74) is 2.66. The van der Waals surface area contributed by atoms with Crippen molar-refractivity contribution < 1.29 is 9.53 Å². The predicted octanol–water partition coefficient (Wildman–Crippen LogP) is 3.36. The van der Waals surface area contributed by atoms with Crippen LogP contribution in [0.15, 0.2) is 60.7 Å². The maximum Gasteiger partial charge on any atom is 0.302 e. The van der Waals surface area contributed by atoms with Crippen molar-refractivity contribution in [2.45, 2.75) is 19.3 Å². The van der Waals surface area contributed by atoms with Crippen LogP contribution in [-0.2, 0) is 9.53 Å². The average Bonchev–Trinajstić information content (AvgIpc) is 2.55. The highest BCUT2D eigenvalue weighted by Crippen LogP contribution is 2.27. The van der Waals surface area contributed by atoms with Crippen molar-refractivity contribution in [3.05, 3.63) is 71.8 Å². The fourth-order valence-electron chi connectivity index (χ4n) is 2.53. The van der Waals surface area contributed by atoms with Gasteiger partial charge in [-0.05, 0) is 24.1 Å². The van der Waals surface area contributed by atoms with E-state index in [0.29, 0.717) is 19.1 Å². The van der Waals surface area contributed by atoms with Gasteiger partial charge >= 0.3 is 5.97 Å². The molecule has 0 saturated carbocycles. The van der Waals surface area contributed by atoms with Crippen LogP contribution in [0.3, 0.4) is 0 Å². The topological polar surface area (TPSA) is 38.3 Å². The minimum atomic E-state index is -0.228. The number of esters is 1. The number of benzene rings is 2. The maximum absolute atomic E-state index is 10.7. The Morgan fingerprint density at radius 3 is 2.00 bits per heavy atom. The highest BCUT2D eigenvalue weighted by molar-refractivity contribution is 5.65. The zero-order valence-corrected chi connectivity index (χ0v) is 13.0. The van der Waals surface area contributed by atoms with Gasteiger partial charge in [-0.25, -0.2) is 0 Å². The number of ether oxygens (including phenoxy) is 1. The lowest BCUT2D eigenvalue weighted by atomic mass is 9.88. The first kappa shape index (κ1) is 16.2. The third kappa shape index (κ3) is 5.34. The van der Waals surface area contributed by atoms with E-state index in [0.717, 1.165) is 13.0 Å². The minimum Gasteiger partial charge on any atom is -0.465 e. The first-order chi connectivity index (χ1) is 10.8. The number of carbonyl (C=O) groups is 1. The Kier molecular flexibility index (Phi) is 6.65. The molecule has 0 aromatic heterocycles. The zero-order valence-electron chi connectivity index (χ0n) is 13.0. The number of nitrogens with one attached hydrogen (secondary N) is 1. The molecule has 22 heavy (non-hydrogen) atoms. The predicted molar refractivity (Wildman–Crippen MR) is 88.8 cm³/mol. The third-order valence-electron chi connectivity index (χ3n) is 3.60. The van der Waals surface area contributed by atoms with Crippen molar-refractivity contribution >= 4 is 5.97 Å². The normalized spacial score (nSPS) is 10.6. The Labute approximate surface area is 132 Å². The van der Waals surface area contributed by atoms with Gasteiger partial charge in [-0.2, -0.15) is 0 Å². The number of hydrogen-bond acceptors (Lipinski definition) is 3. The molecule has 0 aliphatic heterocycles. The van der Waals surface area contributed by atoms with Crippen LogP contribution in [0.4, 0.5) is 0 Å². The summed E-state index contributed by atoms with van der Waals surface area (Å²) in [5, 5.41) is 3.33. The molecular formula is C19H23NO2. The van der Waals surface area contributed by atoms with Gasteiger partial charge in [0.15, 0.2) is 0 Å². The van der Waals surface area contributed by atoms with Crippen LogP contribution < -0.4 is 5.32 Å². The van der Waals surface area contributed by atoms with Gasteiger partial charge in [-0.1, -0.05) is 60.7 Å². The van der Waals surface area contributed by atoms with Crippen molar-refractivity contribution in [3.63, 3.8) is 0 Å². The Bertz CT molecular complexity index is 515. The molecule has 0 spiro atoms.